The van der Waals surface area contributed by atoms with E-state index in [1.807, 2.05) is 29.2 Å². The molecular formula is C19H19FN2O3. The van der Waals surface area contributed by atoms with Gasteiger partial charge in [0, 0.05) is 19.6 Å². The van der Waals surface area contributed by atoms with Crippen molar-refractivity contribution in [3.05, 3.63) is 59.4 Å². The number of hydrogen-bond acceptors (Lipinski definition) is 4. The summed E-state index contributed by atoms with van der Waals surface area (Å²) in [6.07, 6.45) is 0.280. The van der Waals surface area contributed by atoms with Crippen molar-refractivity contribution >= 4 is 5.91 Å². The van der Waals surface area contributed by atoms with E-state index >= 15 is 0 Å². The van der Waals surface area contributed by atoms with Crippen LogP contribution in [0.4, 0.5) is 4.39 Å². The topological polar surface area (TPSA) is 50.8 Å². The van der Waals surface area contributed by atoms with Crippen LogP contribution in [0.1, 0.15) is 17.2 Å². The number of hydrogen-bond donors (Lipinski definition) is 1. The van der Waals surface area contributed by atoms with Gasteiger partial charge < -0.3 is 19.7 Å². The minimum absolute atomic E-state index is 0.0228. The number of amides is 1. The molecule has 2 heterocycles. The van der Waals surface area contributed by atoms with E-state index in [-0.39, 0.29) is 31.0 Å². The first-order valence-corrected chi connectivity index (χ1v) is 8.35. The van der Waals surface area contributed by atoms with E-state index in [0.29, 0.717) is 24.6 Å². The largest absolute Gasteiger partial charge is 0.454 e. The Hall–Kier alpha value is -2.60. The van der Waals surface area contributed by atoms with Crippen LogP contribution in [-0.4, -0.2) is 37.2 Å². The third-order valence-corrected chi connectivity index (χ3v) is 4.59. The summed E-state index contributed by atoms with van der Waals surface area (Å²) in [6.45, 7) is 2.17. The van der Waals surface area contributed by atoms with Crippen LogP contribution in [0, 0.1) is 5.82 Å². The summed E-state index contributed by atoms with van der Waals surface area (Å²) >= 11 is 0. The van der Waals surface area contributed by atoms with Gasteiger partial charge in [-0.1, -0.05) is 18.2 Å². The highest BCUT2D eigenvalue weighted by atomic mass is 19.1. The van der Waals surface area contributed by atoms with Gasteiger partial charge in [0.2, 0.25) is 12.7 Å². The Bertz CT molecular complexity index is 796. The van der Waals surface area contributed by atoms with Crippen LogP contribution in [0.5, 0.6) is 11.5 Å². The Labute approximate surface area is 145 Å². The lowest BCUT2D eigenvalue weighted by Crippen LogP contribution is -2.49. The van der Waals surface area contributed by atoms with E-state index in [2.05, 4.69) is 5.32 Å². The third kappa shape index (κ3) is 3.30. The van der Waals surface area contributed by atoms with Crippen LogP contribution in [0.2, 0.25) is 0 Å². The number of ether oxygens (including phenoxy) is 2. The molecule has 2 aliphatic heterocycles. The van der Waals surface area contributed by atoms with Crippen LogP contribution in [0.15, 0.2) is 42.5 Å². The van der Waals surface area contributed by atoms with Gasteiger partial charge in [0.15, 0.2) is 11.5 Å². The van der Waals surface area contributed by atoms with Crippen molar-refractivity contribution in [3.63, 3.8) is 0 Å². The molecule has 4 rings (SSSR count). The van der Waals surface area contributed by atoms with Crippen molar-refractivity contribution in [2.24, 2.45) is 0 Å². The van der Waals surface area contributed by atoms with Crippen LogP contribution in [-0.2, 0) is 11.2 Å². The van der Waals surface area contributed by atoms with E-state index < -0.39 is 0 Å². The lowest BCUT2D eigenvalue weighted by molar-refractivity contribution is -0.133. The van der Waals surface area contributed by atoms with Gasteiger partial charge in [-0.15, -0.1) is 0 Å². The van der Waals surface area contributed by atoms with E-state index in [1.54, 1.807) is 6.07 Å². The molecule has 130 valence electrons. The summed E-state index contributed by atoms with van der Waals surface area (Å²) in [5, 5.41) is 3.28. The Balaban J connectivity index is 1.53. The van der Waals surface area contributed by atoms with E-state index in [1.165, 1.54) is 12.1 Å². The van der Waals surface area contributed by atoms with Crippen molar-refractivity contribution in [1.29, 1.82) is 0 Å². The number of rotatable bonds is 3. The average molecular weight is 342 g/mol. The highest BCUT2D eigenvalue weighted by Crippen LogP contribution is 2.33. The molecule has 1 atom stereocenters. The van der Waals surface area contributed by atoms with Crippen molar-refractivity contribution in [2.75, 3.05) is 26.4 Å². The molecule has 0 spiro atoms. The molecule has 1 unspecified atom stereocenters. The predicted octanol–water partition coefficient (Wildman–Crippen LogP) is 2.27. The van der Waals surface area contributed by atoms with Crippen LogP contribution in [0.3, 0.4) is 0 Å². The van der Waals surface area contributed by atoms with Crippen molar-refractivity contribution < 1.29 is 18.7 Å². The first kappa shape index (κ1) is 15.9. The van der Waals surface area contributed by atoms with E-state index in [0.717, 1.165) is 17.7 Å². The third-order valence-electron chi connectivity index (χ3n) is 4.59. The van der Waals surface area contributed by atoms with Gasteiger partial charge in [0.05, 0.1) is 12.5 Å². The van der Waals surface area contributed by atoms with Gasteiger partial charge in [-0.3, -0.25) is 4.79 Å². The second-order valence-corrected chi connectivity index (χ2v) is 6.23. The molecule has 0 saturated carbocycles. The summed E-state index contributed by atoms with van der Waals surface area (Å²) in [6, 6.07) is 11.8. The molecule has 0 aromatic heterocycles. The summed E-state index contributed by atoms with van der Waals surface area (Å²) in [4.78, 5) is 14.7. The molecule has 2 aromatic rings. The Morgan fingerprint density at radius 3 is 2.96 bits per heavy atom. The zero-order valence-electron chi connectivity index (χ0n) is 13.7. The second kappa shape index (κ2) is 6.72. The molecule has 1 N–H and O–H groups in total. The highest BCUT2D eigenvalue weighted by Gasteiger charge is 2.28. The molecule has 0 radical (unpaired) electrons. The standard InChI is InChI=1S/C19H19FN2O3/c20-15-3-1-2-14(10-15)16-11-21-6-7-22(16)19(23)9-13-4-5-17-18(8-13)25-12-24-17/h1-5,8,10,16,21H,6-7,9,11-12H2. The van der Waals surface area contributed by atoms with Gasteiger partial charge in [0.1, 0.15) is 5.82 Å². The maximum absolute atomic E-state index is 13.6. The number of piperazine rings is 1. The fourth-order valence-corrected chi connectivity index (χ4v) is 3.34. The van der Waals surface area contributed by atoms with Crippen molar-refractivity contribution in [2.45, 2.75) is 12.5 Å². The number of carbonyl (C=O) groups excluding carboxylic acids is 1. The summed E-state index contributed by atoms with van der Waals surface area (Å²) < 4.78 is 24.2. The van der Waals surface area contributed by atoms with Gasteiger partial charge in [-0.2, -0.15) is 0 Å². The fraction of sp³-hybridized carbons (Fsp3) is 0.316. The minimum Gasteiger partial charge on any atom is -0.454 e. The first-order valence-electron chi connectivity index (χ1n) is 8.35. The zero-order chi connectivity index (χ0) is 17.2. The van der Waals surface area contributed by atoms with Gasteiger partial charge in [-0.25, -0.2) is 4.39 Å². The number of benzene rings is 2. The minimum atomic E-state index is -0.286. The lowest BCUT2D eigenvalue weighted by atomic mass is 10.0. The monoisotopic (exact) mass is 342 g/mol. The molecule has 0 bridgehead atoms. The number of halogens is 1. The molecule has 6 heteroatoms. The van der Waals surface area contributed by atoms with Gasteiger partial charge in [-0.05, 0) is 35.4 Å². The van der Waals surface area contributed by atoms with Crippen molar-refractivity contribution in [1.82, 2.24) is 10.2 Å². The highest BCUT2D eigenvalue weighted by molar-refractivity contribution is 5.79. The Kier molecular flexibility index (Phi) is 4.28. The molecule has 5 nitrogen and oxygen atoms in total. The molecule has 1 amide bonds. The normalized spacial score (nSPS) is 19.1. The number of nitrogens with zero attached hydrogens (tertiary/aromatic N) is 1. The summed E-state index contributed by atoms with van der Waals surface area (Å²) in [5.74, 6) is 1.11. The Morgan fingerprint density at radius 2 is 2.08 bits per heavy atom. The average Bonchev–Trinajstić information content (AvgIpc) is 3.09. The van der Waals surface area contributed by atoms with Crippen LogP contribution >= 0.6 is 0 Å². The maximum Gasteiger partial charge on any atom is 0.231 e. The number of carbonyl (C=O) groups is 1. The van der Waals surface area contributed by atoms with Crippen molar-refractivity contribution in [3.8, 4) is 11.5 Å². The molecule has 1 fully saturated rings. The molecular weight excluding hydrogens is 323 g/mol. The van der Waals surface area contributed by atoms with Gasteiger partial charge >= 0.3 is 0 Å². The summed E-state index contributed by atoms with van der Waals surface area (Å²) in [7, 11) is 0. The zero-order valence-corrected chi connectivity index (χ0v) is 13.7. The molecule has 2 aromatic carbocycles. The lowest BCUT2D eigenvalue weighted by Gasteiger charge is -2.36. The number of nitrogens with one attached hydrogen (secondary N) is 1. The smallest absolute Gasteiger partial charge is 0.231 e. The predicted molar refractivity (Wildman–Crippen MR) is 90.0 cm³/mol. The quantitative estimate of drug-likeness (QED) is 0.930. The van der Waals surface area contributed by atoms with Crippen LogP contribution < -0.4 is 14.8 Å². The van der Waals surface area contributed by atoms with E-state index in [4.69, 9.17) is 9.47 Å². The molecule has 1 saturated heterocycles. The number of fused-ring (bicyclic) bond motifs is 1. The maximum atomic E-state index is 13.6. The molecule has 0 aliphatic carbocycles. The first-order chi connectivity index (χ1) is 12.2. The summed E-state index contributed by atoms with van der Waals surface area (Å²) in [5.41, 5.74) is 1.69. The molecule has 25 heavy (non-hydrogen) atoms. The second-order valence-electron chi connectivity index (χ2n) is 6.23. The van der Waals surface area contributed by atoms with Crippen LogP contribution in [0.25, 0.3) is 0 Å². The molecule has 2 aliphatic rings. The van der Waals surface area contributed by atoms with Gasteiger partial charge in [0.25, 0.3) is 0 Å². The Morgan fingerprint density at radius 1 is 1.20 bits per heavy atom. The fourth-order valence-electron chi connectivity index (χ4n) is 3.34. The SMILES string of the molecule is O=C(Cc1ccc2c(c1)OCO2)N1CCNCC1c1cccc(F)c1. The van der Waals surface area contributed by atoms with E-state index in [9.17, 15) is 9.18 Å².